The van der Waals surface area contributed by atoms with Crippen molar-refractivity contribution in [2.45, 2.75) is 57.9 Å². The second-order valence-corrected chi connectivity index (χ2v) is 3.62. The van der Waals surface area contributed by atoms with E-state index in [9.17, 15) is 4.79 Å². The molecule has 0 aliphatic carbocycles. The van der Waals surface area contributed by atoms with Crippen molar-refractivity contribution in [3.63, 3.8) is 0 Å². The Morgan fingerprint density at radius 3 is 2.47 bits per heavy atom. The van der Waals surface area contributed by atoms with E-state index >= 15 is 0 Å². The Morgan fingerprint density at radius 1 is 1.33 bits per heavy atom. The number of rotatable bonds is 9. The minimum Gasteiger partial charge on any atom is -0.481 e. The molecule has 0 rings (SSSR count). The molecule has 0 aliphatic heterocycles. The molecule has 5 heteroatoms. The highest BCUT2D eigenvalue weighted by Gasteiger charge is 2.13. The Hall–Kier alpha value is -1.22. The van der Waals surface area contributed by atoms with Gasteiger partial charge in [-0.05, 0) is 12.0 Å². The predicted octanol–water partition coefficient (Wildman–Crippen LogP) is 3.50. The SMILES string of the molecule is CCCCCCCCC(N=[N+]=[N-])C(=O)O. The number of azide groups is 1. The van der Waals surface area contributed by atoms with Crippen LogP contribution in [0.15, 0.2) is 5.11 Å². The van der Waals surface area contributed by atoms with Gasteiger partial charge in [0.15, 0.2) is 0 Å². The molecular formula is C10H19N3O2. The van der Waals surface area contributed by atoms with Gasteiger partial charge in [-0.25, -0.2) is 0 Å². The summed E-state index contributed by atoms with van der Waals surface area (Å²) in [6.45, 7) is 2.15. The quantitative estimate of drug-likeness (QED) is 0.275. The first-order valence-corrected chi connectivity index (χ1v) is 5.49. The van der Waals surface area contributed by atoms with E-state index in [-0.39, 0.29) is 0 Å². The number of carboxylic acids is 1. The fourth-order valence-corrected chi connectivity index (χ4v) is 1.41. The minimum absolute atomic E-state index is 0.450. The Balaban J connectivity index is 3.54. The summed E-state index contributed by atoms with van der Waals surface area (Å²) in [6, 6.07) is -0.888. The van der Waals surface area contributed by atoms with E-state index in [1.807, 2.05) is 0 Å². The molecule has 0 fully saturated rings. The Kier molecular flexibility index (Phi) is 8.58. The van der Waals surface area contributed by atoms with Crippen LogP contribution in [-0.4, -0.2) is 17.1 Å². The summed E-state index contributed by atoms with van der Waals surface area (Å²) in [5.41, 5.74) is 8.15. The molecule has 0 aromatic heterocycles. The average molecular weight is 213 g/mol. The third-order valence-corrected chi connectivity index (χ3v) is 2.31. The number of hydrogen-bond acceptors (Lipinski definition) is 2. The van der Waals surface area contributed by atoms with Gasteiger partial charge in [0, 0.05) is 4.91 Å². The van der Waals surface area contributed by atoms with Gasteiger partial charge in [0.05, 0.1) is 0 Å². The lowest BCUT2D eigenvalue weighted by Crippen LogP contribution is -2.16. The molecule has 15 heavy (non-hydrogen) atoms. The van der Waals surface area contributed by atoms with E-state index in [2.05, 4.69) is 16.9 Å². The molecule has 0 saturated carbocycles. The summed E-state index contributed by atoms with van der Waals surface area (Å²) in [4.78, 5) is 13.1. The summed E-state index contributed by atoms with van der Waals surface area (Å²) in [5.74, 6) is -1.03. The van der Waals surface area contributed by atoms with Gasteiger partial charge < -0.3 is 5.11 Å². The topological polar surface area (TPSA) is 86.1 Å². The second kappa shape index (κ2) is 9.34. The highest BCUT2D eigenvalue weighted by Crippen LogP contribution is 2.10. The predicted molar refractivity (Wildman–Crippen MR) is 58.6 cm³/mol. The lowest BCUT2D eigenvalue weighted by atomic mass is 10.1. The zero-order valence-corrected chi connectivity index (χ0v) is 9.22. The maximum absolute atomic E-state index is 10.6. The van der Waals surface area contributed by atoms with Crippen LogP contribution in [0.4, 0.5) is 0 Å². The third-order valence-electron chi connectivity index (χ3n) is 2.31. The van der Waals surface area contributed by atoms with Gasteiger partial charge in [-0.2, -0.15) is 0 Å². The van der Waals surface area contributed by atoms with Gasteiger partial charge in [0.2, 0.25) is 0 Å². The van der Waals surface area contributed by atoms with Crippen LogP contribution < -0.4 is 0 Å². The molecule has 0 amide bonds. The Morgan fingerprint density at radius 2 is 1.93 bits per heavy atom. The molecule has 0 spiro atoms. The highest BCUT2D eigenvalue weighted by molar-refractivity contribution is 5.73. The van der Waals surface area contributed by atoms with E-state index < -0.39 is 12.0 Å². The number of unbranched alkanes of at least 4 members (excludes halogenated alkanes) is 5. The van der Waals surface area contributed by atoms with Gasteiger partial charge in [-0.3, -0.25) is 4.79 Å². The van der Waals surface area contributed by atoms with E-state index in [4.69, 9.17) is 10.6 Å². The van der Waals surface area contributed by atoms with Crippen molar-refractivity contribution in [3.8, 4) is 0 Å². The summed E-state index contributed by atoms with van der Waals surface area (Å²) < 4.78 is 0. The smallest absolute Gasteiger partial charge is 0.312 e. The second-order valence-electron chi connectivity index (χ2n) is 3.62. The van der Waals surface area contributed by atoms with Gasteiger partial charge >= 0.3 is 5.97 Å². The highest BCUT2D eigenvalue weighted by atomic mass is 16.4. The average Bonchev–Trinajstić information content (AvgIpc) is 2.21. The van der Waals surface area contributed by atoms with Crippen molar-refractivity contribution >= 4 is 5.97 Å². The van der Waals surface area contributed by atoms with Crippen molar-refractivity contribution in [3.05, 3.63) is 10.4 Å². The van der Waals surface area contributed by atoms with E-state index in [0.717, 1.165) is 19.3 Å². The molecule has 86 valence electrons. The fraction of sp³-hybridized carbons (Fsp3) is 0.900. The largest absolute Gasteiger partial charge is 0.481 e. The minimum atomic E-state index is -1.03. The molecule has 0 radical (unpaired) electrons. The van der Waals surface area contributed by atoms with Gasteiger partial charge in [0.25, 0.3) is 0 Å². The molecule has 0 bridgehead atoms. The van der Waals surface area contributed by atoms with E-state index in [1.165, 1.54) is 19.3 Å². The number of carbonyl (C=O) groups is 1. The molecule has 0 aromatic rings. The zero-order valence-electron chi connectivity index (χ0n) is 9.22. The zero-order chi connectivity index (χ0) is 11.5. The van der Waals surface area contributed by atoms with E-state index in [0.29, 0.717) is 6.42 Å². The number of aliphatic carboxylic acids is 1. The van der Waals surface area contributed by atoms with Gasteiger partial charge in [-0.1, -0.05) is 50.6 Å². The standard InChI is InChI=1S/C10H19N3O2/c1-2-3-4-5-6-7-8-9(10(14)15)12-13-11/h9H,2-8H2,1H3,(H,14,15). The van der Waals surface area contributed by atoms with Crippen molar-refractivity contribution in [1.29, 1.82) is 0 Å². The first-order valence-electron chi connectivity index (χ1n) is 5.49. The van der Waals surface area contributed by atoms with Crippen LogP contribution in [0.25, 0.3) is 10.4 Å². The molecule has 0 heterocycles. The first-order chi connectivity index (χ1) is 7.22. The van der Waals surface area contributed by atoms with Gasteiger partial charge in [-0.15, -0.1) is 0 Å². The fourth-order valence-electron chi connectivity index (χ4n) is 1.41. The van der Waals surface area contributed by atoms with Crippen molar-refractivity contribution in [2.75, 3.05) is 0 Å². The number of hydrogen-bond donors (Lipinski definition) is 1. The molecule has 0 saturated heterocycles. The summed E-state index contributed by atoms with van der Waals surface area (Å²) in [7, 11) is 0. The third kappa shape index (κ3) is 7.82. The lowest BCUT2D eigenvalue weighted by Gasteiger charge is -2.04. The van der Waals surface area contributed by atoms with Crippen molar-refractivity contribution in [2.24, 2.45) is 5.11 Å². The van der Waals surface area contributed by atoms with Crippen LogP contribution in [0.5, 0.6) is 0 Å². The number of carboxylic acid groups (broad SMARTS) is 1. The maximum atomic E-state index is 10.6. The molecular weight excluding hydrogens is 194 g/mol. The Bertz CT molecular complexity index is 223. The van der Waals surface area contributed by atoms with Crippen LogP contribution in [0.3, 0.4) is 0 Å². The molecule has 5 nitrogen and oxygen atoms in total. The van der Waals surface area contributed by atoms with Crippen molar-refractivity contribution in [1.82, 2.24) is 0 Å². The first kappa shape index (κ1) is 13.8. The lowest BCUT2D eigenvalue weighted by molar-refractivity contribution is -0.138. The van der Waals surface area contributed by atoms with Crippen LogP contribution in [0.2, 0.25) is 0 Å². The molecule has 0 aliphatic rings. The maximum Gasteiger partial charge on any atom is 0.312 e. The van der Waals surface area contributed by atoms with Crippen LogP contribution >= 0.6 is 0 Å². The molecule has 1 N–H and O–H groups in total. The summed E-state index contributed by atoms with van der Waals surface area (Å²) >= 11 is 0. The van der Waals surface area contributed by atoms with Crippen LogP contribution in [0, 0.1) is 0 Å². The molecule has 0 aromatic carbocycles. The normalized spacial score (nSPS) is 11.8. The van der Waals surface area contributed by atoms with Crippen LogP contribution in [-0.2, 0) is 4.79 Å². The molecule has 1 unspecified atom stereocenters. The van der Waals surface area contributed by atoms with Gasteiger partial charge in [0.1, 0.15) is 6.04 Å². The van der Waals surface area contributed by atoms with Crippen molar-refractivity contribution < 1.29 is 9.90 Å². The van der Waals surface area contributed by atoms with E-state index in [1.54, 1.807) is 0 Å². The summed E-state index contributed by atoms with van der Waals surface area (Å²) in [5, 5.41) is 11.9. The number of nitrogens with zero attached hydrogens (tertiary/aromatic N) is 3. The molecule has 1 atom stereocenters. The monoisotopic (exact) mass is 213 g/mol. The Labute approximate surface area is 90.1 Å². The summed E-state index contributed by atoms with van der Waals surface area (Å²) in [6.07, 6.45) is 7.07. The van der Waals surface area contributed by atoms with Crippen LogP contribution in [0.1, 0.15) is 51.9 Å².